The highest BCUT2D eigenvalue weighted by atomic mass is 32.2. The van der Waals surface area contributed by atoms with E-state index in [0.717, 1.165) is 27.6 Å². The summed E-state index contributed by atoms with van der Waals surface area (Å²) >= 11 is 0. The Morgan fingerprint density at radius 2 is 1.64 bits per heavy atom. The topological polar surface area (TPSA) is 72.5 Å². The molecule has 28 heavy (non-hydrogen) atoms. The summed E-state index contributed by atoms with van der Waals surface area (Å²) in [6.07, 6.45) is -0.0685. The Morgan fingerprint density at radius 3 is 2.36 bits per heavy atom. The van der Waals surface area contributed by atoms with Crippen LogP contribution in [0.2, 0.25) is 0 Å². The number of carbonyl (C=O) groups is 1. The molecule has 0 unspecified atom stereocenters. The van der Waals surface area contributed by atoms with Gasteiger partial charge in [0.1, 0.15) is 5.75 Å². The van der Waals surface area contributed by atoms with Gasteiger partial charge in [0.2, 0.25) is 5.91 Å². The Hall–Kier alpha value is -2.86. The number of ether oxygens (including phenoxy) is 1. The van der Waals surface area contributed by atoms with Gasteiger partial charge in [0.25, 0.3) is 0 Å². The molecule has 1 amide bonds. The van der Waals surface area contributed by atoms with Crippen LogP contribution < -0.4 is 10.1 Å². The van der Waals surface area contributed by atoms with Gasteiger partial charge in [-0.25, -0.2) is 8.42 Å². The van der Waals surface area contributed by atoms with E-state index in [1.54, 1.807) is 31.4 Å². The van der Waals surface area contributed by atoms with Crippen LogP contribution >= 0.6 is 0 Å². The predicted molar refractivity (Wildman–Crippen MR) is 110 cm³/mol. The molecule has 3 aromatic carbocycles. The Kier molecular flexibility index (Phi) is 5.99. The van der Waals surface area contributed by atoms with Crippen LogP contribution in [0.1, 0.15) is 17.5 Å². The second kappa shape index (κ2) is 8.44. The molecule has 0 aliphatic heterocycles. The van der Waals surface area contributed by atoms with Crippen molar-refractivity contribution in [3.63, 3.8) is 0 Å². The molecular weight excluding hydrogens is 374 g/mol. The molecule has 0 atom stereocenters. The number of amides is 1. The summed E-state index contributed by atoms with van der Waals surface area (Å²) in [6.45, 7) is 2.25. The van der Waals surface area contributed by atoms with Crippen LogP contribution in [0.15, 0.2) is 65.6 Å². The van der Waals surface area contributed by atoms with E-state index in [4.69, 9.17) is 4.74 Å². The molecule has 0 radical (unpaired) electrons. The molecule has 5 nitrogen and oxygen atoms in total. The van der Waals surface area contributed by atoms with Crippen molar-refractivity contribution in [1.29, 1.82) is 0 Å². The number of carbonyl (C=O) groups excluding carboxylic acids is 1. The van der Waals surface area contributed by atoms with Gasteiger partial charge in [-0.1, -0.05) is 35.9 Å². The molecule has 0 saturated carbocycles. The summed E-state index contributed by atoms with van der Waals surface area (Å²) in [4.78, 5) is 12.3. The molecule has 0 bridgehead atoms. The van der Waals surface area contributed by atoms with Crippen molar-refractivity contribution in [2.45, 2.75) is 24.8 Å². The minimum atomic E-state index is -3.46. The molecule has 6 heteroatoms. The zero-order valence-corrected chi connectivity index (χ0v) is 16.8. The van der Waals surface area contributed by atoms with Gasteiger partial charge >= 0.3 is 0 Å². The second-order valence-electron chi connectivity index (χ2n) is 6.71. The highest BCUT2D eigenvalue weighted by molar-refractivity contribution is 7.91. The molecule has 0 heterocycles. The predicted octanol–water partition coefficient (Wildman–Crippen LogP) is 3.64. The van der Waals surface area contributed by atoms with E-state index >= 15 is 0 Å². The molecule has 1 N–H and O–H groups in total. The van der Waals surface area contributed by atoms with Gasteiger partial charge in [-0.15, -0.1) is 0 Å². The van der Waals surface area contributed by atoms with Gasteiger partial charge in [0, 0.05) is 13.0 Å². The minimum Gasteiger partial charge on any atom is -0.497 e. The van der Waals surface area contributed by atoms with E-state index in [0.29, 0.717) is 6.54 Å². The number of fused-ring (bicyclic) bond motifs is 1. The first kappa shape index (κ1) is 19.9. The van der Waals surface area contributed by atoms with Crippen LogP contribution in [0.4, 0.5) is 0 Å². The van der Waals surface area contributed by atoms with Gasteiger partial charge in [0.05, 0.1) is 17.8 Å². The summed E-state index contributed by atoms with van der Waals surface area (Å²) in [5.74, 6) is 0.299. The lowest BCUT2D eigenvalue weighted by atomic mass is 10.1. The minimum absolute atomic E-state index is 0.0685. The molecular formula is C22H23NO4S. The summed E-state index contributed by atoms with van der Waals surface area (Å²) in [5.41, 5.74) is 1.94. The van der Waals surface area contributed by atoms with Crippen LogP contribution in [0, 0.1) is 6.92 Å². The number of benzene rings is 3. The molecule has 0 fully saturated rings. The summed E-state index contributed by atoms with van der Waals surface area (Å²) < 4.78 is 29.9. The number of methoxy groups -OCH3 is 1. The van der Waals surface area contributed by atoms with Crippen molar-refractivity contribution in [3.05, 3.63) is 71.8 Å². The van der Waals surface area contributed by atoms with Crippen molar-refractivity contribution in [1.82, 2.24) is 5.32 Å². The monoisotopic (exact) mass is 397 g/mol. The lowest BCUT2D eigenvalue weighted by molar-refractivity contribution is -0.120. The van der Waals surface area contributed by atoms with E-state index < -0.39 is 9.84 Å². The third-order valence-electron chi connectivity index (χ3n) is 4.58. The fraction of sp³-hybridized carbons (Fsp3) is 0.227. The van der Waals surface area contributed by atoms with Crippen LogP contribution in [0.3, 0.4) is 0 Å². The molecule has 0 aromatic heterocycles. The van der Waals surface area contributed by atoms with Gasteiger partial charge in [-0.05, 0) is 53.6 Å². The fourth-order valence-electron chi connectivity index (χ4n) is 2.89. The number of rotatable bonds is 7. The number of aryl methyl sites for hydroxylation is 1. The van der Waals surface area contributed by atoms with Crippen molar-refractivity contribution in [2.75, 3.05) is 12.9 Å². The number of hydrogen-bond acceptors (Lipinski definition) is 4. The maximum atomic E-state index is 12.3. The van der Waals surface area contributed by atoms with Gasteiger partial charge in [-0.2, -0.15) is 0 Å². The molecule has 0 saturated heterocycles. The maximum absolute atomic E-state index is 12.3. The van der Waals surface area contributed by atoms with Gasteiger partial charge < -0.3 is 10.1 Å². The van der Waals surface area contributed by atoms with Crippen LogP contribution in [0.25, 0.3) is 10.8 Å². The molecule has 0 spiro atoms. The Labute approximate surface area is 165 Å². The first-order valence-corrected chi connectivity index (χ1v) is 10.7. The molecule has 0 aliphatic rings. The van der Waals surface area contributed by atoms with E-state index in [1.165, 1.54) is 0 Å². The van der Waals surface area contributed by atoms with E-state index in [2.05, 4.69) is 5.32 Å². The SMILES string of the molecule is COc1ccc2cc(CNC(=O)CCS(=O)(=O)c3ccc(C)cc3)ccc2c1. The number of hydrogen-bond donors (Lipinski definition) is 1. The lowest BCUT2D eigenvalue weighted by Crippen LogP contribution is -2.25. The average Bonchev–Trinajstić information content (AvgIpc) is 2.70. The Balaban J connectivity index is 1.56. The average molecular weight is 397 g/mol. The van der Waals surface area contributed by atoms with E-state index in [9.17, 15) is 13.2 Å². The maximum Gasteiger partial charge on any atom is 0.221 e. The van der Waals surface area contributed by atoms with Crippen LogP contribution in [-0.2, 0) is 21.2 Å². The quantitative estimate of drug-likeness (QED) is 0.661. The summed E-state index contributed by atoms with van der Waals surface area (Å²) in [7, 11) is -1.83. The Morgan fingerprint density at radius 1 is 0.964 bits per heavy atom. The van der Waals surface area contributed by atoms with E-state index in [-0.39, 0.29) is 23.0 Å². The highest BCUT2D eigenvalue weighted by Crippen LogP contribution is 2.22. The van der Waals surface area contributed by atoms with E-state index in [1.807, 2.05) is 43.3 Å². The van der Waals surface area contributed by atoms with Crippen molar-refractivity contribution < 1.29 is 17.9 Å². The standard InChI is InChI=1S/C22H23NO4S/c1-16-3-9-21(10-4-16)28(25,26)12-11-22(24)23-15-17-5-6-19-14-20(27-2)8-7-18(19)13-17/h3-10,13-14H,11-12,15H2,1-2H3,(H,23,24). The van der Waals surface area contributed by atoms with Gasteiger partial charge in [0.15, 0.2) is 9.84 Å². The zero-order valence-electron chi connectivity index (χ0n) is 15.9. The third kappa shape index (κ3) is 4.89. The number of nitrogens with one attached hydrogen (secondary N) is 1. The highest BCUT2D eigenvalue weighted by Gasteiger charge is 2.16. The second-order valence-corrected chi connectivity index (χ2v) is 8.82. The van der Waals surface area contributed by atoms with Crippen LogP contribution in [-0.4, -0.2) is 27.2 Å². The normalized spacial score (nSPS) is 11.4. The lowest BCUT2D eigenvalue weighted by Gasteiger charge is -2.08. The van der Waals surface area contributed by atoms with Crippen LogP contribution in [0.5, 0.6) is 5.75 Å². The summed E-state index contributed by atoms with van der Waals surface area (Å²) in [6, 6.07) is 18.4. The largest absolute Gasteiger partial charge is 0.497 e. The molecule has 3 rings (SSSR count). The smallest absolute Gasteiger partial charge is 0.221 e. The number of sulfone groups is 1. The summed E-state index contributed by atoms with van der Waals surface area (Å²) in [5, 5.41) is 4.90. The molecule has 146 valence electrons. The van der Waals surface area contributed by atoms with Crippen molar-refractivity contribution in [2.24, 2.45) is 0 Å². The van der Waals surface area contributed by atoms with Crippen molar-refractivity contribution >= 4 is 26.5 Å². The van der Waals surface area contributed by atoms with Crippen molar-refractivity contribution in [3.8, 4) is 5.75 Å². The molecule has 0 aliphatic carbocycles. The fourth-order valence-corrected chi connectivity index (χ4v) is 4.13. The van der Waals surface area contributed by atoms with Gasteiger partial charge in [-0.3, -0.25) is 4.79 Å². The first-order valence-electron chi connectivity index (χ1n) is 9.00. The molecule has 3 aromatic rings. The third-order valence-corrected chi connectivity index (χ3v) is 6.31. The first-order chi connectivity index (χ1) is 13.4. The Bertz CT molecular complexity index is 1090. The zero-order chi connectivity index (χ0) is 20.1.